The van der Waals surface area contributed by atoms with Gasteiger partial charge in [-0.05, 0) is 37.3 Å². The minimum absolute atomic E-state index is 0.196. The van der Waals surface area contributed by atoms with Crippen LogP contribution in [0.25, 0.3) is 11.1 Å². The summed E-state index contributed by atoms with van der Waals surface area (Å²) >= 11 is 5.72. The van der Waals surface area contributed by atoms with Crippen LogP contribution in [-0.2, 0) is 14.3 Å². The molecule has 10 nitrogen and oxygen atoms in total. The van der Waals surface area contributed by atoms with E-state index in [-0.39, 0.29) is 19.0 Å². The minimum Gasteiger partial charge on any atom is -0.442 e. The van der Waals surface area contributed by atoms with E-state index in [1.54, 1.807) is 36.2 Å². The number of pyridine rings is 1. The largest absolute Gasteiger partial charge is 0.442 e. The van der Waals surface area contributed by atoms with Gasteiger partial charge in [0.15, 0.2) is 5.56 Å². The maximum atomic E-state index is 15.0. The van der Waals surface area contributed by atoms with Gasteiger partial charge in [-0.15, -0.1) is 0 Å². The van der Waals surface area contributed by atoms with E-state index in [0.29, 0.717) is 43.0 Å². The van der Waals surface area contributed by atoms with Crippen molar-refractivity contribution in [2.24, 2.45) is 0 Å². The molecule has 4 rings (SSSR count). The number of alkyl halides is 1. The second-order valence-corrected chi connectivity index (χ2v) is 9.14. The van der Waals surface area contributed by atoms with Gasteiger partial charge in [0.25, 0.3) is 0 Å². The van der Waals surface area contributed by atoms with E-state index in [9.17, 15) is 18.8 Å². The average Bonchev–Trinajstić information content (AvgIpc) is 3.23. The number of rotatable bonds is 6. The Kier molecular flexibility index (Phi) is 7.78. The van der Waals surface area contributed by atoms with Gasteiger partial charge in [0, 0.05) is 50.4 Å². The second-order valence-electron chi connectivity index (χ2n) is 8.52. The summed E-state index contributed by atoms with van der Waals surface area (Å²) in [7, 11) is 0. The highest BCUT2D eigenvalue weighted by molar-refractivity contribution is 6.19. The molecule has 0 saturated carbocycles. The number of benzene rings is 1. The Labute approximate surface area is 212 Å². The molecule has 3 heterocycles. The van der Waals surface area contributed by atoms with Gasteiger partial charge in [-0.1, -0.05) is 11.6 Å². The topological polar surface area (TPSA) is 104 Å². The van der Waals surface area contributed by atoms with Gasteiger partial charge in [-0.3, -0.25) is 9.69 Å². The molecule has 1 unspecified atom stereocenters. The first kappa shape index (κ1) is 25.5. The number of ether oxygens (including phenoxy) is 2. The van der Waals surface area contributed by atoms with E-state index in [4.69, 9.17) is 21.1 Å². The van der Waals surface area contributed by atoms with Gasteiger partial charge in [0.05, 0.1) is 18.8 Å². The Hall–Kier alpha value is -3.60. The van der Waals surface area contributed by atoms with Crippen LogP contribution in [-0.4, -0.2) is 78.9 Å². The van der Waals surface area contributed by atoms with Crippen LogP contribution in [0.4, 0.5) is 25.5 Å². The quantitative estimate of drug-likeness (QED) is 0.584. The van der Waals surface area contributed by atoms with Crippen molar-refractivity contribution >= 4 is 41.2 Å². The predicted octanol–water partition coefficient (Wildman–Crippen LogP) is 3.19. The van der Waals surface area contributed by atoms with Crippen LogP contribution in [0.15, 0.2) is 36.5 Å². The third-order valence-electron chi connectivity index (χ3n) is 5.90. The lowest BCUT2D eigenvalue weighted by Crippen LogP contribution is -2.49. The van der Waals surface area contributed by atoms with Crippen LogP contribution in [0, 0.1) is 5.82 Å². The number of hydrogen-bond donors (Lipinski definition) is 1. The first-order valence-corrected chi connectivity index (χ1v) is 12.0. The maximum Gasteiger partial charge on any atom is 0.414 e. The number of anilines is 2. The summed E-state index contributed by atoms with van der Waals surface area (Å²) in [6.45, 7) is 5.49. The highest BCUT2D eigenvalue weighted by Crippen LogP contribution is 2.29. The number of nitrogens with one attached hydrogen (secondary N) is 1. The van der Waals surface area contributed by atoms with Crippen LogP contribution in [0.1, 0.15) is 13.8 Å². The summed E-state index contributed by atoms with van der Waals surface area (Å²) in [5.74, 6) is 0.00347. The third-order valence-corrected chi connectivity index (χ3v) is 5.99. The predicted molar refractivity (Wildman–Crippen MR) is 132 cm³/mol. The van der Waals surface area contributed by atoms with E-state index in [2.05, 4.69) is 10.3 Å². The van der Waals surface area contributed by atoms with Crippen molar-refractivity contribution in [1.29, 1.82) is 0 Å². The summed E-state index contributed by atoms with van der Waals surface area (Å²) in [6, 6.07) is 8.11. The number of carbonyl (C=O) groups is 3. The van der Waals surface area contributed by atoms with Gasteiger partial charge in [-0.2, -0.15) is 0 Å². The van der Waals surface area contributed by atoms with Gasteiger partial charge in [0.1, 0.15) is 17.7 Å². The third kappa shape index (κ3) is 5.96. The van der Waals surface area contributed by atoms with Gasteiger partial charge < -0.3 is 24.6 Å². The van der Waals surface area contributed by atoms with E-state index < -0.39 is 29.7 Å². The second kappa shape index (κ2) is 11.0. The summed E-state index contributed by atoms with van der Waals surface area (Å²) in [5.41, 5.74) is 0.628. The maximum absolute atomic E-state index is 15.0. The van der Waals surface area contributed by atoms with Gasteiger partial charge in [-0.25, -0.2) is 19.0 Å². The summed E-state index contributed by atoms with van der Waals surface area (Å²) in [6.07, 6.45) is 0.0627. The van der Waals surface area contributed by atoms with Gasteiger partial charge >= 0.3 is 12.2 Å². The van der Waals surface area contributed by atoms with Crippen molar-refractivity contribution < 1.29 is 28.2 Å². The molecular formula is C24H27ClFN5O5. The molecule has 2 aliphatic heterocycles. The molecule has 36 heavy (non-hydrogen) atoms. The smallest absolute Gasteiger partial charge is 0.414 e. The lowest BCUT2D eigenvalue weighted by atomic mass is 10.1. The standard InChI is InChI=1S/C24H27ClFN5O5/c1-15(25)35-23(33)30-9-7-29(8-10-30)22-6-3-17(12-28-22)20-5-4-18(11-21(20)26)31-14-19(36-24(31)34)13-27-16(2)32/h3-6,11-12,15,19H,7-10,13-14H2,1-2H3,(H,27,32)/t15-,19?/m1/s1. The number of cyclic esters (lactones) is 1. The molecule has 0 radical (unpaired) electrons. The Morgan fingerprint density at radius 2 is 2.00 bits per heavy atom. The number of hydrogen-bond acceptors (Lipinski definition) is 7. The molecule has 2 aliphatic rings. The van der Waals surface area contributed by atoms with Crippen LogP contribution in [0.5, 0.6) is 0 Å². The van der Waals surface area contributed by atoms with E-state index in [1.165, 1.54) is 17.9 Å². The Morgan fingerprint density at radius 1 is 1.25 bits per heavy atom. The fraction of sp³-hybridized carbons (Fsp3) is 0.417. The average molecular weight is 520 g/mol. The van der Waals surface area contributed by atoms with Crippen LogP contribution < -0.4 is 15.1 Å². The summed E-state index contributed by atoms with van der Waals surface area (Å²) in [5, 5.41) is 2.61. The molecule has 3 amide bonds. The molecule has 1 N–H and O–H groups in total. The zero-order valence-corrected chi connectivity index (χ0v) is 20.7. The zero-order chi connectivity index (χ0) is 25.8. The monoisotopic (exact) mass is 519 g/mol. The number of carbonyl (C=O) groups excluding carboxylic acids is 3. The zero-order valence-electron chi connectivity index (χ0n) is 19.9. The fourth-order valence-electron chi connectivity index (χ4n) is 4.07. The molecule has 0 bridgehead atoms. The molecule has 0 spiro atoms. The molecule has 12 heteroatoms. The lowest BCUT2D eigenvalue weighted by Gasteiger charge is -2.35. The van der Waals surface area contributed by atoms with Crippen LogP contribution in [0.3, 0.4) is 0 Å². The summed E-state index contributed by atoms with van der Waals surface area (Å²) < 4.78 is 25.3. The van der Waals surface area contributed by atoms with E-state index in [0.717, 1.165) is 5.82 Å². The first-order chi connectivity index (χ1) is 17.2. The number of nitrogens with zero attached hydrogens (tertiary/aromatic N) is 4. The molecular weight excluding hydrogens is 493 g/mol. The molecule has 2 saturated heterocycles. The number of amides is 3. The molecule has 1 aromatic heterocycles. The SMILES string of the molecule is CC(=O)NCC1CN(c2ccc(-c3ccc(N4CCN(C(=O)O[C@H](C)Cl)CC4)nc3)c(F)c2)C(=O)O1. The molecule has 2 fully saturated rings. The minimum atomic E-state index is -0.685. The van der Waals surface area contributed by atoms with E-state index in [1.807, 2.05) is 11.0 Å². The molecule has 2 atom stereocenters. The van der Waals surface area contributed by atoms with Crippen molar-refractivity contribution in [3.63, 3.8) is 0 Å². The van der Waals surface area contributed by atoms with Crippen molar-refractivity contribution in [3.05, 3.63) is 42.3 Å². The summed E-state index contributed by atoms with van der Waals surface area (Å²) in [4.78, 5) is 44.7. The number of halogens is 2. The van der Waals surface area contributed by atoms with Crippen molar-refractivity contribution in [3.8, 4) is 11.1 Å². The number of aromatic nitrogens is 1. The molecule has 2 aromatic rings. The Morgan fingerprint density at radius 3 is 2.61 bits per heavy atom. The fourth-order valence-corrected chi connectivity index (χ4v) is 4.14. The first-order valence-electron chi connectivity index (χ1n) is 11.5. The van der Waals surface area contributed by atoms with Crippen molar-refractivity contribution in [2.75, 3.05) is 49.1 Å². The van der Waals surface area contributed by atoms with Crippen molar-refractivity contribution in [1.82, 2.24) is 15.2 Å². The van der Waals surface area contributed by atoms with Crippen LogP contribution >= 0.6 is 11.6 Å². The lowest BCUT2D eigenvalue weighted by molar-refractivity contribution is -0.119. The van der Waals surface area contributed by atoms with E-state index >= 15 is 0 Å². The highest BCUT2D eigenvalue weighted by Gasteiger charge is 2.32. The Bertz CT molecular complexity index is 1120. The normalized spacial score (nSPS) is 18.6. The Balaban J connectivity index is 1.38. The van der Waals surface area contributed by atoms with Crippen molar-refractivity contribution in [2.45, 2.75) is 25.5 Å². The van der Waals surface area contributed by atoms with Crippen LogP contribution in [0.2, 0.25) is 0 Å². The molecule has 0 aliphatic carbocycles. The number of piperazine rings is 1. The molecule has 192 valence electrons. The molecule has 1 aromatic carbocycles. The van der Waals surface area contributed by atoms with Gasteiger partial charge in [0.2, 0.25) is 5.91 Å². The highest BCUT2D eigenvalue weighted by atomic mass is 35.5.